The molecule has 0 atom stereocenters. The molecule has 0 unspecified atom stereocenters. The van der Waals surface area contributed by atoms with Gasteiger partial charge in [0.15, 0.2) is 6.20 Å². The zero-order chi connectivity index (χ0) is 17.6. The van der Waals surface area contributed by atoms with E-state index in [-0.39, 0.29) is 12.2 Å². The Morgan fingerprint density at radius 1 is 1.21 bits per heavy atom. The van der Waals surface area contributed by atoms with Crippen LogP contribution in [0.5, 0.6) is 0 Å². The number of rotatable bonds is 7. The van der Waals surface area contributed by atoms with Crippen molar-refractivity contribution < 1.29 is 17.5 Å². The van der Waals surface area contributed by atoms with E-state index in [1.54, 1.807) is 11.2 Å². The molecular weight excluding hydrogens is 326 g/mol. The van der Waals surface area contributed by atoms with Crippen molar-refractivity contribution in [1.82, 2.24) is 0 Å². The molecule has 2 rings (SSSR count). The Balaban J connectivity index is 2.07. The van der Waals surface area contributed by atoms with E-state index < -0.39 is 10.1 Å². The van der Waals surface area contributed by atoms with Gasteiger partial charge in [-0.3, -0.25) is 5.01 Å². The lowest BCUT2D eigenvalue weighted by atomic mass is 10.2. The molecule has 24 heavy (non-hydrogen) atoms. The third-order valence-corrected chi connectivity index (χ3v) is 4.33. The average Bonchev–Trinajstić information content (AvgIpc) is 2.53. The van der Waals surface area contributed by atoms with Gasteiger partial charge in [0.1, 0.15) is 12.8 Å². The van der Waals surface area contributed by atoms with Gasteiger partial charge in [-0.2, -0.15) is 9.67 Å². The lowest BCUT2D eigenvalue weighted by molar-refractivity contribution is -0.697. The molecule has 0 saturated carbocycles. The summed E-state index contributed by atoms with van der Waals surface area (Å²) in [6.45, 7) is 2.47. The van der Waals surface area contributed by atoms with Gasteiger partial charge in [0.25, 0.3) is 0 Å². The summed E-state index contributed by atoms with van der Waals surface area (Å²) in [5.41, 5.74) is 2.99. The van der Waals surface area contributed by atoms with Crippen molar-refractivity contribution in [2.45, 2.75) is 19.9 Å². The lowest BCUT2D eigenvalue weighted by Gasteiger charge is -2.12. The predicted octanol–water partition coefficient (Wildman–Crippen LogP) is 1.69. The topological polar surface area (TPSA) is 76.7 Å². The number of aryl methyl sites for hydroxylation is 2. The van der Waals surface area contributed by atoms with Gasteiger partial charge < -0.3 is 4.55 Å². The number of hydrogen-bond donors (Lipinski definition) is 0. The second-order valence-corrected chi connectivity index (χ2v) is 7.06. The minimum Gasteiger partial charge on any atom is -0.748 e. The molecule has 2 aromatic rings. The monoisotopic (exact) mass is 347 g/mol. The van der Waals surface area contributed by atoms with E-state index in [1.165, 1.54) is 5.56 Å². The molecule has 0 radical (unpaired) electrons. The molecule has 0 aliphatic rings. The number of hydrogen-bond acceptors (Lipinski definition) is 5. The maximum absolute atomic E-state index is 10.7. The van der Waals surface area contributed by atoms with Crippen molar-refractivity contribution in [1.29, 1.82) is 0 Å². The molecule has 0 fully saturated rings. The van der Waals surface area contributed by atoms with Gasteiger partial charge in [0.2, 0.25) is 5.69 Å². The van der Waals surface area contributed by atoms with E-state index in [4.69, 9.17) is 0 Å². The number of anilines is 1. The van der Waals surface area contributed by atoms with E-state index >= 15 is 0 Å². The maximum Gasteiger partial charge on any atom is 0.225 e. The molecule has 0 bridgehead atoms. The molecule has 1 aromatic carbocycles. The Morgan fingerprint density at radius 2 is 1.92 bits per heavy atom. The van der Waals surface area contributed by atoms with Crippen LogP contribution >= 0.6 is 0 Å². The first kappa shape index (κ1) is 18.1. The van der Waals surface area contributed by atoms with Crippen molar-refractivity contribution in [3.05, 3.63) is 59.9 Å². The third kappa shape index (κ3) is 5.75. The van der Waals surface area contributed by atoms with Gasteiger partial charge in [0, 0.05) is 31.4 Å². The van der Waals surface area contributed by atoms with Gasteiger partial charge in [0.05, 0.1) is 15.8 Å². The standard InChI is InChI=1S/C17H21N3O3S/c1-15-7-9-16(10-8-15)19(2)18-14-17-6-3-4-11-20(17)12-5-13-24(21,22)23/h3-4,6-11,14H,5,12-13H2,1-2H3. The molecule has 0 amide bonds. The third-order valence-electron chi connectivity index (χ3n) is 3.54. The fraction of sp³-hybridized carbons (Fsp3) is 0.294. The van der Waals surface area contributed by atoms with Crippen molar-refractivity contribution in [2.75, 3.05) is 17.8 Å². The largest absolute Gasteiger partial charge is 0.748 e. The van der Waals surface area contributed by atoms with E-state index in [2.05, 4.69) is 5.10 Å². The van der Waals surface area contributed by atoms with Crippen molar-refractivity contribution in [3.8, 4) is 0 Å². The average molecular weight is 347 g/mol. The molecule has 0 N–H and O–H groups in total. The minimum atomic E-state index is -4.18. The number of benzene rings is 1. The zero-order valence-corrected chi connectivity index (χ0v) is 14.6. The highest BCUT2D eigenvalue weighted by Crippen LogP contribution is 2.13. The molecule has 1 aromatic heterocycles. The summed E-state index contributed by atoms with van der Waals surface area (Å²) in [7, 11) is -2.32. The molecule has 1 heterocycles. The quantitative estimate of drug-likeness (QED) is 0.330. The number of nitrogens with zero attached hydrogens (tertiary/aromatic N) is 3. The summed E-state index contributed by atoms with van der Waals surface area (Å²) >= 11 is 0. The van der Waals surface area contributed by atoms with Gasteiger partial charge in [-0.25, -0.2) is 8.42 Å². The van der Waals surface area contributed by atoms with Crippen LogP contribution in [0.25, 0.3) is 0 Å². The molecule has 6 nitrogen and oxygen atoms in total. The number of pyridine rings is 1. The summed E-state index contributed by atoms with van der Waals surface area (Å²) in [4.78, 5) is 0. The molecule has 0 aliphatic carbocycles. The van der Waals surface area contributed by atoms with E-state index in [9.17, 15) is 13.0 Å². The molecule has 0 saturated heterocycles. The normalized spacial score (nSPS) is 11.8. The van der Waals surface area contributed by atoms with Gasteiger partial charge in [-0.15, -0.1) is 0 Å². The van der Waals surface area contributed by atoms with Crippen LogP contribution in [0.15, 0.2) is 53.8 Å². The van der Waals surface area contributed by atoms with Crippen LogP contribution in [0, 0.1) is 6.92 Å². The molecular formula is C17H21N3O3S. The van der Waals surface area contributed by atoms with Gasteiger partial charge in [-0.05, 0) is 25.1 Å². The molecule has 0 spiro atoms. The maximum atomic E-state index is 10.7. The zero-order valence-electron chi connectivity index (χ0n) is 13.8. The summed E-state index contributed by atoms with van der Waals surface area (Å²) in [6, 6.07) is 13.6. The number of hydrazone groups is 1. The Morgan fingerprint density at radius 3 is 2.58 bits per heavy atom. The Labute approximate surface area is 142 Å². The highest BCUT2D eigenvalue weighted by Gasteiger charge is 2.08. The van der Waals surface area contributed by atoms with Gasteiger partial charge >= 0.3 is 0 Å². The first-order valence-electron chi connectivity index (χ1n) is 7.61. The fourth-order valence-electron chi connectivity index (χ4n) is 2.19. The molecule has 128 valence electrons. The van der Waals surface area contributed by atoms with Crippen LogP contribution in [0.1, 0.15) is 17.7 Å². The minimum absolute atomic E-state index is 0.273. The molecule has 0 aliphatic heterocycles. The first-order chi connectivity index (χ1) is 11.3. The van der Waals surface area contributed by atoms with Crippen LogP contribution in [0.2, 0.25) is 0 Å². The first-order valence-corrected chi connectivity index (χ1v) is 9.19. The van der Waals surface area contributed by atoms with Crippen LogP contribution in [-0.4, -0.2) is 32.0 Å². The summed E-state index contributed by atoms with van der Waals surface area (Å²) in [5.74, 6) is -0.366. The number of aromatic nitrogens is 1. The van der Waals surface area contributed by atoms with Crippen LogP contribution < -0.4 is 9.58 Å². The van der Waals surface area contributed by atoms with Crippen LogP contribution in [0.4, 0.5) is 5.69 Å². The Kier molecular flexibility index (Phi) is 6.05. The SMILES string of the molecule is Cc1ccc(N(C)/N=C/c2cccc[n+]2CCCS(=O)(=O)[O-])cc1. The summed E-state index contributed by atoms with van der Waals surface area (Å²) in [5, 5.41) is 6.18. The van der Waals surface area contributed by atoms with Crippen molar-refractivity contribution >= 4 is 22.0 Å². The highest BCUT2D eigenvalue weighted by molar-refractivity contribution is 7.85. The fourth-order valence-corrected chi connectivity index (χ4v) is 2.68. The van der Waals surface area contributed by atoms with E-state index in [0.717, 1.165) is 11.4 Å². The summed E-state index contributed by atoms with van der Waals surface area (Å²) in [6.07, 6.45) is 3.82. The lowest BCUT2D eigenvalue weighted by Crippen LogP contribution is -2.38. The smallest absolute Gasteiger partial charge is 0.225 e. The van der Waals surface area contributed by atoms with E-state index in [1.807, 2.05) is 67.2 Å². The predicted molar refractivity (Wildman–Crippen MR) is 93.0 cm³/mol. The second-order valence-electron chi connectivity index (χ2n) is 5.54. The highest BCUT2D eigenvalue weighted by atomic mass is 32.2. The Hall–Kier alpha value is -2.25. The van der Waals surface area contributed by atoms with Crippen molar-refractivity contribution in [3.63, 3.8) is 0 Å². The van der Waals surface area contributed by atoms with Crippen molar-refractivity contribution in [2.24, 2.45) is 5.10 Å². The van der Waals surface area contributed by atoms with E-state index in [0.29, 0.717) is 6.54 Å². The van der Waals surface area contributed by atoms with Gasteiger partial charge in [-0.1, -0.05) is 17.7 Å². The Bertz CT molecular complexity index is 802. The molecule has 7 heteroatoms. The second kappa shape index (κ2) is 8.03. The van der Waals surface area contributed by atoms with Crippen LogP contribution in [-0.2, 0) is 16.7 Å². The van der Waals surface area contributed by atoms with Crippen LogP contribution in [0.3, 0.4) is 0 Å². The summed E-state index contributed by atoms with van der Waals surface area (Å²) < 4.78 is 34.0.